The summed E-state index contributed by atoms with van der Waals surface area (Å²) in [7, 11) is -3.97. The Balaban J connectivity index is 1.67. The van der Waals surface area contributed by atoms with Gasteiger partial charge in [0.05, 0.1) is 29.5 Å². The number of carbonyl (C=O) groups excluding carboxylic acids is 1. The van der Waals surface area contributed by atoms with Gasteiger partial charge in [-0.3, -0.25) is 4.79 Å². The van der Waals surface area contributed by atoms with Crippen molar-refractivity contribution >= 4 is 27.5 Å². The number of carbonyl (C=O) groups is 1. The van der Waals surface area contributed by atoms with Gasteiger partial charge in [-0.1, -0.05) is 23.7 Å². The van der Waals surface area contributed by atoms with Gasteiger partial charge < -0.3 is 9.64 Å². The number of benzene rings is 1. The quantitative estimate of drug-likeness (QED) is 0.717. The molecule has 1 saturated carbocycles. The first-order chi connectivity index (χ1) is 13.6. The molecule has 0 bridgehead atoms. The molecular weight excluding hydrogens is 433 g/mol. The number of rotatable bonds is 6. The van der Waals surface area contributed by atoms with Gasteiger partial charge in [-0.2, -0.15) is 0 Å². The van der Waals surface area contributed by atoms with Gasteiger partial charge in [0.2, 0.25) is 10.0 Å². The number of hydrogen-bond donors (Lipinski definition) is 1. The van der Waals surface area contributed by atoms with Crippen LogP contribution in [-0.2, 0) is 26.0 Å². The van der Waals surface area contributed by atoms with Crippen molar-refractivity contribution in [2.24, 2.45) is 0 Å². The summed E-state index contributed by atoms with van der Waals surface area (Å²) >= 11 is 5.79. The molecule has 4 rings (SSSR count). The largest absolute Gasteiger partial charge is 0.368 e. The van der Waals surface area contributed by atoms with Crippen molar-refractivity contribution in [2.45, 2.75) is 55.0 Å². The van der Waals surface area contributed by atoms with Crippen LogP contribution in [0.15, 0.2) is 18.2 Å². The highest BCUT2D eigenvalue weighted by molar-refractivity contribution is 7.90. The number of halogens is 4. The third-order valence-corrected chi connectivity index (χ3v) is 7.82. The molecule has 3 aliphatic rings. The first-order valence-electron chi connectivity index (χ1n) is 9.34. The van der Waals surface area contributed by atoms with Gasteiger partial charge in [-0.25, -0.2) is 26.3 Å². The van der Waals surface area contributed by atoms with Gasteiger partial charge in [-0.05, 0) is 30.9 Å². The monoisotopic (exact) mass is 452 g/mol. The second-order valence-electron chi connectivity index (χ2n) is 7.70. The molecule has 2 saturated heterocycles. The summed E-state index contributed by atoms with van der Waals surface area (Å²) in [5, 5.41) is -0.885. The molecule has 11 heteroatoms. The molecule has 3 fully saturated rings. The summed E-state index contributed by atoms with van der Waals surface area (Å²) < 4.78 is 76.1. The van der Waals surface area contributed by atoms with Crippen LogP contribution in [0.5, 0.6) is 0 Å². The summed E-state index contributed by atoms with van der Waals surface area (Å²) in [4.78, 5) is 13.6. The molecule has 2 heterocycles. The minimum Gasteiger partial charge on any atom is -0.368 e. The van der Waals surface area contributed by atoms with Crippen molar-refractivity contribution in [1.82, 2.24) is 9.62 Å². The number of nitrogens with zero attached hydrogens (tertiary/aromatic N) is 1. The molecule has 6 nitrogen and oxygen atoms in total. The SMILES string of the molecule is O=C(C1CCO1)N1CC(F)(F)[C@H](NS(=O)(=O)C2CC2)[C@@H]1Cc1cccc(Cl)c1F. The highest BCUT2D eigenvalue weighted by atomic mass is 35.5. The van der Waals surface area contributed by atoms with Crippen molar-refractivity contribution in [3.63, 3.8) is 0 Å². The summed E-state index contributed by atoms with van der Waals surface area (Å²) in [6.07, 6.45) is 0.0615. The maximum atomic E-state index is 14.9. The Kier molecular flexibility index (Phi) is 5.33. The van der Waals surface area contributed by atoms with Crippen LogP contribution in [0, 0.1) is 5.82 Å². The normalized spacial score (nSPS) is 29.0. The Bertz CT molecular complexity index is 922. The number of likely N-dealkylation sites (tertiary alicyclic amines) is 1. The molecule has 1 N–H and O–H groups in total. The first kappa shape index (κ1) is 20.9. The highest BCUT2D eigenvalue weighted by Gasteiger charge is 2.59. The molecule has 1 aliphatic carbocycles. The topological polar surface area (TPSA) is 75.7 Å². The van der Waals surface area contributed by atoms with Crippen LogP contribution in [0.1, 0.15) is 24.8 Å². The lowest BCUT2D eigenvalue weighted by Crippen LogP contribution is -2.54. The van der Waals surface area contributed by atoms with Crippen LogP contribution in [0.25, 0.3) is 0 Å². The Morgan fingerprint density at radius 3 is 2.59 bits per heavy atom. The molecule has 1 aromatic rings. The Hall–Kier alpha value is -1.36. The van der Waals surface area contributed by atoms with Crippen LogP contribution in [-0.4, -0.2) is 61.7 Å². The minimum absolute atomic E-state index is 0.0307. The zero-order valence-corrected chi connectivity index (χ0v) is 16.9. The maximum Gasteiger partial charge on any atom is 0.283 e. The third kappa shape index (κ3) is 3.99. The van der Waals surface area contributed by atoms with Crippen LogP contribution < -0.4 is 4.72 Å². The van der Waals surface area contributed by atoms with Gasteiger partial charge >= 0.3 is 0 Å². The van der Waals surface area contributed by atoms with Crippen molar-refractivity contribution in [1.29, 1.82) is 0 Å². The average Bonchev–Trinajstić information content (AvgIpc) is 3.41. The van der Waals surface area contributed by atoms with Crippen LogP contribution in [0.3, 0.4) is 0 Å². The predicted octanol–water partition coefficient (Wildman–Crippen LogP) is 2.11. The molecule has 29 heavy (non-hydrogen) atoms. The van der Waals surface area contributed by atoms with Gasteiger partial charge in [0.15, 0.2) is 0 Å². The average molecular weight is 453 g/mol. The van der Waals surface area contributed by atoms with Crippen LogP contribution in [0.2, 0.25) is 5.02 Å². The molecule has 2 aliphatic heterocycles. The van der Waals surface area contributed by atoms with E-state index in [1.54, 1.807) is 0 Å². The molecule has 160 valence electrons. The van der Waals surface area contributed by atoms with E-state index in [0.717, 1.165) is 4.90 Å². The number of sulfonamides is 1. The Morgan fingerprint density at radius 1 is 1.31 bits per heavy atom. The van der Waals surface area contributed by atoms with E-state index in [4.69, 9.17) is 16.3 Å². The Morgan fingerprint density at radius 2 is 2.00 bits per heavy atom. The lowest BCUT2D eigenvalue weighted by Gasteiger charge is -2.34. The number of amides is 1. The van der Waals surface area contributed by atoms with Crippen molar-refractivity contribution in [3.8, 4) is 0 Å². The first-order valence-corrected chi connectivity index (χ1v) is 11.3. The predicted molar refractivity (Wildman–Crippen MR) is 98.8 cm³/mol. The van der Waals surface area contributed by atoms with E-state index in [2.05, 4.69) is 4.72 Å². The number of hydrogen-bond acceptors (Lipinski definition) is 4. The van der Waals surface area contributed by atoms with E-state index in [0.29, 0.717) is 25.9 Å². The van der Waals surface area contributed by atoms with E-state index in [1.807, 2.05) is 0 Å². The molecular formula is C18H20ClF3N2O4S. The van der Waals surface area contributed by atoms with Crippen LogP contribution in [0.4, 0.5) is 13.2 Å². The van der Waals surface area contributed by atoms with E-state index >= 15 is 0 Å². The summed E-state index contributed by atoms with van der Waals surface area (Å²) in [5.41, 5.74) is 0.0307. The Labute approximate surface area is 171 Å². The fourth-order valence-corrected chi connectivity index (χ4v) is 5.56. The van der Waals surface area contributed by atoms with E-state index in [1.165, 1.54) is 18.2 Å². The number of ether oxygens (including phenoxy) is 1. The van der Waals surface area contributed by atoms with Crippen LogP contribution >= 0.6 is 11.6 Å². The highest BCUT2D eigenvalue weighted by Crippen LogP contribution is 2.38. The summed E-state index contributed by atoms with van der Waals surface area (Å²) in [5.74, 6) is -4.93. The fraction of sp³-hybridized carbons (Fsp3) is 0.611. The third-order valence-electron chi connectivity index (χ3n) is 5.59. The molecule has 1 unspecified atom stereocenters. The maximum absolute atomic E-state index is 14.9. The van der Waals surface area contributed by atoms with E-state index in [9.17, 15) is 26.4 Å². The molecule has 1 aromatic carbocycles. The van der Waals surface area contributed by atoms with Gasteiger partial charge in [0.1, 0.15) is 18.0 Å². The molecule has 1 amide bonds. The zero-order chi connectivity index (χ0) is 21.0. The lowest BCUT2D eigenvalue weighted by molar-refractivity contribution is -0.158. The lowest BCUT2D eigenvalue weighted by atomic mass is 9.98. The second-order valence-corrected chi connectivity index (χ2v) is 10.1. The van der Waals surface area contributed by atoms with Crippen molar-refractivity contribution in [3.05, 3.63) is 34.6 Å². The zero-order valence-electron chi connectivity index (χ0n) is 15.3. The summed E-state index contributed by atoms with van der Waals surface area (Å²) in [6, 6.07) is 1.03. The molecule has 3 atom stereocenters. The van der Waals surface area contributed by atoms with Gasteiger partial charge in [0, 0.05) is 6.42 Å². The number of alkyl halides is 2. The number of nitrogens with one attached hydrogen (secondary N) is 1. The van der Waals surface area contributed by atoms with E-state index in [-0.39, 0.29) is 17.0 Å². The van der Waals surface area contributed by atoms with Gasteiger partial charge in [-0.15, -0.1) is 0 Å². The second kappa shape index (κ2) is 7.40. The van der Waals surface area contributed by atoms with E-state index < -0.39 is 57.7 Å². The van der Waals surface area contributed by atoms with Crippen molar-refractivity contribution < 1.29 is 31.1 Å². The molecule has 0 aromatic heterocycles. The standard InChI is InChI=1S/C18H20ClF3N2O4S/c19-12-3-1-2-10(15(12)20)8-13-16(23-29(26,27)11-4-5-11)18(21,22)9-24(13)17(25)14-6-7-28-14/h1-3,11,13-14,16,23H,4-9H2/t13-,14?,16+/m0/s1. The fourth-order valence-electron chi connectivity index (χ4n) is 3.74. The molecule has 0 radical (unpaired) electrons. The van der Waals surface area contributed by atoms with Gasteiger partial charge in [0.25, 0.3) is 11.8 Å². The minimum atomic E-state index is -3.97. The summed E-state index contributed by atoms with van der Waals surface area (Å²) in [6.45, 7) is -0.609. The molecule has 0 spiro atoms. The smallest absolute Gasteiger partial charge is 0.283 e. The van der Waals surface area contributed by atoms with Crippen molar-refractivity contribution in [2.75, 3.05) is 13.2 Å².